The number of aryl methyl sites for hydroxylation is 1. The average Bonchev–Trinajstić information content (AvgIpc) is 3.38. The first-order valence-corrected chi connectivity index (χ1v) is 10.7. The molecule has 4 rings (SSSR count). The first-order valence-electron chi connectivity index (χ1n) is 10.7. The Balaban J connectivity index is 1.68. The van der Waals surface area contributed by atoms with E-state index in [9.17, 15) is 9.59 Å². The molecule has 1 aromatic heterocycles. The van der Waals surface area contributed by atoms with E-state index in [1.165, 1.54) is 10.5 Å². The summed E-state index contributed by atoms with van der Waals surface area (Å²) in [7, 11) is 0. The van der Waals surface area contributed by atoms with Gasteiger partial charge >= 0.3 is 6.03 Å². The lowest BCUT2D eigenvalue weighted by molar-refractivity contribution is -0.119. The van der Waals surface area contributed by atoms with Crippen LogP contribution in [0.3, 0.4) is 0 Å². The van der Waals surface area contributed by atoms with Crippen LogP contribution in [0.1, 0.15) is 25.8 Å². The molecule has 7 heteroatoms. The number of rotatable bonds is 7. The molecule has 0 aliphatic carbocycles. The summed E-state index contributed by atoms with van der Waals surface area (Å²) >= 11 is 0. The lowest BCUT2D eigenvalue weighted by atomic mass is 10.0. The minimum atomic E-state index is -0.546. The molecule has 160 valence electrons. The number of para-hydroxylation sites is 1. The highest BCUT2D eigenvalue weighted by Crippen LogP contribution is 2.27. The second-order valence-electron chi connectivity index (χ2n) is 7.59. The van der Waals surface area contributed by atoms with E-state index in [-0.39, 0.29) is 11.9 Å². The van der Waals surface area contributed by atoms with Crippen LogP contribution in [0.2, 0.25) is 0 Å². The topological polar surface area (TPSA) is 79.3 Å². The summed E-state index contributed by atoms with van der Waals surface area (Å²) in [4.78, 5) is 26.3. The molecule has 0 unspecified atom stereocenters. The Labute approximate surface area is 182 Å². The number of hydrogen-bond acceptors (Lipinski definition) is 3. The molecular weight excluding hydrogens is 390 g/mol. The standard InChI is InChI=1S/C24H27N5O2/c1-3-9-17-10-8-11-18(14-17)20-15-22(27-29(20)19-12-6-5-7-13-19)26-23(30)21-16-25-24(31)28(21)4-2/h5-8,10-15,21H,3-4,9,16H2,1-2H3,(H,25,31)(H,26,27,30)/t21-/m1/s1. The average molecular weight is 418 g/mol. The van der Waals surface area contributed by atoms with Crippen molar-refractivity contribution in [2.75, 3.05) is 18.4 Å². The third-order valence-corrected chi connectivity index (χ3v) is 5.45. The summed E-state index contributed by atoms with van der Waals surface area (Å²) < 4.78 is 1.84. The predicted octanol–water partition coefficient (Wildman–Crippen LogP) is 3.84. The van der Waals surface area contributed by atoms with Gasteiger partial charge in [-0.05, 0) is 37.1 Å². The molecule has 0 bridgehead atoms. The summed E-state index contributed by atoms with van der Waals surface area (Å²) in [5.74, 6) is 0.212. The van der Waals surface area contributed by atoms with Gasteiger partial charge in [0.25, 0.3) is 0 Å². The molecule has 2 N–H and O–H groups in total. The quantitative estimate of drug-likeness (QED) is 0.613. The Kier molecular flexibility index (Phi) is 6.02. The molecule has 0 radical (unpaired) electrons. The Bertz CT molecular complexity index is 1080. The van der Waals surface area contributed by atoms with E-state index >= 15 is 0 Å². The van der Waals surface area contributed by atoms with Gasteiger partial charge in [-0.15, -0.1) is 5.10 Å². The maximum absolute atomic E-state index is 12.9. The van der Waals surface area contributed by atoms with Crippen LogP contribution in [0.25, 0.3) is 16.9 Å². The van der Waals surface area contributed by atoms with Crippen LogP contribution in [0.5, 0.6) is 0 Å². The molecule has 0 saturated carbocycles. The first-order chi connectivity index (χ1) is 15.1. The smallest absolute Gasteiger partial charge is 0.318 e. The predicted molar refractivity (Wildman–Crippen MR) is 121 cm³/mol. The normalized spacial score (nSPS) is 15.7. The molecule has 0 spiro atoms. The lowest BCUT2D eigenvalue weighted by Gasteiger charge is -2.19. The number of urea groups is 1. The zero-order chi connectivity index (χ0) is 21.8. The fourth-order valence-electron chi connectivity index (χ4n) is 3.93. The Morgan fingerprint density at radius 2 is 1.94 bits per heavy atom. The third-order valence-electron chi connectivity index (χ3n) is 5.45. The molecule has 1 fully saturated rings. The molecule has 1 atom stereocenters. The van der Waals surface area contributed by atoms with E-state index in [2.05, 4.69) is 46.9 Å². The van der Waals surface area contributed by atoms with Crippen molar-refractivity contribution in [1.82, 2.24) is 20.0 Å². The van der Waals surface area contributed by atoms with Crippen molar-refractivity contribution in [3.63, 3.8) is 0 Å². The highest BCUT2D eigenvalue weighted by atomic mass is 16.2. The van der Waals surface area contributed by atoms with Crippen molar-refractivity contribution in [2.24, 2.45) is 0 Å². The third kappa shape index (κ3) is 4.30. The van der Waals surface area contributed by atoms with Crippen LogP contribution in [0.15, 0.2) is 60.7 Å². The van der Waals surface area contributed by atoms with Gasteiger partial charge in [0.1, 0.15) is 6.04 Å². The zero-order valence-electron chi connectivity index (χ0n) is 17.8. The SMILES string of the molecule is CCCc1cccc(-c2cc(NC(=O)[C@H]3CNC(=O)N3CC)nn2-c2ccccc2)c1. The van der Waals surface area contributed by atoms with Crippen molar-refractivity contribution in [3.8, 4) is 16.9 Å². The van der Waals surface area contributed by atoms with Gasteiger partial charge in [0.2, 0.25) is 5.91 Å². The van der Waals surface area contributed by atoms with Gasteiger partial charge in [0.05, 0.1) is 11.4 Å². The summed E-state index contributed by atoms with van der Waals surface area (Å²) in [5, 5.41) is 10.3. The molecule has 3 aromatic rings. The van der Waals surface area contributed by atoms with Gasteiger partial charge in [0, 0.05) is 24.7 Å². The minimum Gasteiger partial charge on any atom is -0.335 e. The van der Waals surface area contributed by atoms with Crippen LogP contribution in [-0.4, -0.2) is 45.8 Å². The second kappa shape index (κ2) is 9.04. The summed E-state index contributed by atoms with van der Waals surface area (Å²) in [5.41, 5.74) is 4.11. The number of carbonyl (C=O) groups is 2. The number of hydrogen-bond donors (Lipinski definition) is 2. The number of benzene rings is 2. The van der Waals surface area contributed by atoms with E-state index in [0.717, 1.165) is 29.8 Å². The fourth-order valence-corrected chi connectivity index (χ4v) is 3.93. The van der Waals surface area contributed by atoms with Crippen molar-refractivity contribution in [2.45, 2.75) is 32.7 Å². The summed E-state index contributed by atoms with van der Waals surface area (Å²) in [6.45, 7) is 4.79. The maximum Gasteiger partial charge on any atom is 0.318 e. The van der Waals surface area contributed by atoms with Crippen molar-refractivity contribution in [1.29, 1.82) is 0 Å². The number of likely N-dealkylation sites (N-methyl/N-ethyl adjacent to an activating group) is 1. The number of amides is 3. The number of carbonyl (C=O) groups excluding carboxylic acids is 2. The molecule has 3 amide bonds. The molecule has 2 aromatic carbocycles. The van der Waals surface area contributed by atoms with Gasteiger partial charge in [-0.1, -0.05) is 49.7 Å². The zero-order valence-corrected chi connectivity index (χ0v) is 17.8. The van der Waals surface area contributed by atoms with Crippen LogP contribution < -0.4 is 10.6 Å². The Morgan fingerprint density at radius 1 is 1.13 bits per heavy atom. The van der Waals surface area contributed by atoms with Gasteiger partial charge in [-0.25, -0.2) is 9.48 Å². The van der Waals surface area contributed by atoms with Gasteiger partial charge < -0.3 is 15.5 Å². The monoisotopic (exact) mass is 417 g/mol. The lowest BCUT2D eigenvalue weighted by Crippen LogP contribution is -2.42. The molecule has 1 aliphatic rings. The van der Waals surface area contributed by atoms with Crippen LogP contribution in [0.4, 0.5) is 10.6 Å². The molecule has 1 aliphatic heterocycles. The molecule has 7 nitrogen and oxygen atoms in total. The molecule has 31 heavy (non-hydrogen) atoms. The fraction of sp³-hybridized carbons (Fsp3) is 0.292. The van der Waals surface area contributed by atoms with Crippen molar-refractivity contribution >= 4 is 17.8 Å². The number of anilines is 1. The van der Waals surface area contributed by atoms with Gasteiger partial charge in [-0.3, -0.25) is 4.79 Å². The summed E-state index contributed by atoms with van der Waals surface area (Å²) in [6.07, 6.45) is 2.08. The Hall–Kier alpha value is -3.61. The minimum absolute atomic E-state index is 0.217. The van der Waals surface area contributed by atoms with E-state index < -0.39 is 6.04 Å². The molecule has 1 saturated heterocycles. The highest BCUT2D eigenvalue weighted by Gasteiger charge is 2.35. The van der Waals surface area contributed by atoms with Crippen molar-refractivity contribution in [3.05, 3.63) is 66.2 Å². The van der Waals surface area contributed by atoms with E-state index in [1.54, 1.807) is 0 Å². The maximum atomic E-state index is 12.9. The van der Waals surface area contributed by atoms with Gasteiger partial charge in [0.15, 0.2) is 5.82 Å². The largest absolute Gasteiger partial charge is 0.335 e. The number of aromatic nitrogens is 2. The first kappa shape index (κ1) is 20.7. The van der Waals surface area contributed by atoms with E-state index in [4.69, 9.17) is 0 Å². The molecular formula is C24H27N5O2. The number of nitrogens with zero attached hydrogens (tertiary/aromatic N) is 3. The van der Waals surface area contributed by atoms with Gasteiger partial charge in [-0.2, -0.15) is 0 Å². The summed E-state index contributed by atoms with van der Waals surface area (Å²) in [6, 6.07) is 19.4. The van der Waals surface area contributed by atoms with Crippen LogP contribution >= 0.6 is 0 Å². The van der Waals surface area contributed by atoms with Crippen LogP contribution in [-0.2, 0) is 11.2 Å². The van der Waals surface area contributed by atoms with Crippen molar-refractivity contribution < 1.29 is 9.59 Å². The second-order valence-corrected chi connectivity index (χ2v) is 7.59. The Morgan fingerprint density at radius 3 is 2.68 bits per heavy atom. The molecule has 2 heterocycles. The van der Waals surface area contributed by atoms with E-state index in [0.29, 0.717) is 18.9 Å². The van der Waals surface area contributed by atoms with Crippen LogP contribution in [0, 0.1) is 0 Å². The van der Waals surface area contributed by atoms with E-state index in [1.807, 2.05) is 48.0 Å². The number of nitrogens with one attached hydrogen (secondary N) is 2. The highest BCUT2D eigenvalue weighted by molar-refractivity contribution is 5.98.